The molecule has 5 nitrogen and oxygen atoms in total. The van der Waals surface area contributed by atoms with Gasteiger partial charge in [0.2, 0.25) is 12.7 Å². The zero-order chi connectivity index (χ0) is 19.2. The van der Waals surface area contributed by atoms with Gasteiger partial charge in [0.15, 0.2) is 11.5 Å². The number of amides is 1. The van der Waals surface area contributed by atoms with E-state index < -0.39 is 0 Å². The van der Waals surface area contributed by atoms with E-state index in [1.54, 1.807) is 6.20 Å². The Labute approximate surface area is 166 Å². The normalized spacial score (nSPS) is 15.7. The lowest BCUT2D eigenvalue weighted by molar-refractivity contribution is -0.132. The molecular formula is C23H28N2O3. The van der Waals surface area contributed by atoms with E-state index >= 15 is 0 Å². The molecule has 0 saturated heterocycles. The minimum absolute atomic E-state index is 0.237. The summed E-state index contributed by atoms with van der Waals surface area (Å²) in [7, 11) is 0. The van der Waals surface area contributed by atoms with Crippen LogP contribution in [0.4, 0.5) is 0 Å². The van der Waals surface area contributed by atoms with Crippen LogP contribution in [0.3, 0.4) is 0 Å². The van der Waals surface area contributed by atoms with Crippen LogP contribution in [-0.4, -0.2) is 29.1 Å². The summed E-state index contributed by atoms with van der Waals surface area (Å²) in [4.78, 5) is 19.4. The number of hydrogen-bond donors (Lipinski definition) is 0. The average molecular weight is 380 g/mol. The van der Waals surface area contributed by atoms with E-state index in [1.807, 2.05) is 41.3 Å². The van der Waals surface area contributed by atoms with Crippen LogP contribution in [-0.2, 0) is 17.8 Å². The highest BCUT2D eigenvalue weighted by molar-refractivity contribution is 5.76. The fourth-order valence-corrected chi connectivity index (χ4v) is 4.13. The molecule has 1 aliphatic heterocycles. The summed E-state index contributed by atoms with van der Waals surface area (Å²) >= 11 is 0. The van der Waals surface area contributed by atoms with Gasteiger partial charge in [0.05, 0.1) is 0 Å². The van der Waals surface area contributed by atoms with E-state index in [1.165, 1.54) is 25.7 Å². The molecule has 1 aromatic carbocycles. The van der Waals surface area contributed by atoms with Gasteiger partial charge < -0.3 is 14.4 Å². The molecule has 1 amide bonds. The summed E-state index contributed by atoms with van der Waals surface area (Å²) in [6.07, 6.45) is 9.42. The van der Waals surface area contributed by atoms with Crippen LogP contribution in [0.25, 0.3) is 0 Å². The Morgan fingerprint density at radius 2 is 1.96 bits per heavy atom. The first kappa shape index (κ1) is 18.8. The Bertz CT molecular complexity index is 788. The molecule has 148 valence electrons. The van der Waals surface area contributed by atoms with Gasteiger partial charge in [-0.2, -0.15) is 0 Å². The highest BCUT2D eigenvalue weighted by atomic mass is 16.7. The lowest BCUT2D eigenvalue weighted by Gasteiger charge is -2.24. The zero-order valence-corrected chi connectivity index (χ0v) is 16.3. The lowest BCUT2D eigenvalue weighted by atomic mass is 10.0. The van der Waals surface area contributed by atoms with E-state index in [9.17, 15) is 4.79 Å². The number of nitrogens with zero attached hydrogens (tertiary/aromatic N) is 2. The Hall–Kier alpha value is -2.56. The van der Waals surface area contributed by atoms with Crippen molar-refractivity contribution in [3.05, 3.63) is 53.9 Å². The molecule has 1 fully saturated rings. The van der Waals surface area contributed by atoms with Gasteiger partial charge in [0, 0.05) is 37.8 Å². The van der Waals surface area contributed by atoms with Crippen molar-refractivity contribution in [1.29, 1.82) is 0 Å². The van der Waals surface area contributed by atoms with Crippen molar-refractivity contribution in [2.75, 3.05) is 13.3 Å². The topological polar surface area (TPSA) is 51.7 Å². The maximum Gasteiger partial charge on any atom is 0.231 e. The van der Waals surface area contributed by atoms with Crippen molar-refractivity contribution in [3.63, 3.8) is 0 Å². The van der Waals surface area contributed by atoms with Crippen LogP contribution in [0.15, 0.2) is 42.6 Å². The van der Waals surface area contributed by atoms with Gasteiger partial charge >= 0.3 is 0 Å². The number of benzene rings is 1. The molecule has 4 rings (SSSR count). The second-order valence-electron chi connectivity index (χ2n) is 7.76. The van der Waals surface area contributed by atoms with Crippen molar-refractivity contribution >= 4 is 5.91 Å². The molecule has 5 heteroatoms. The van der Waals surface area contributed by atoms with Crippen LogP contribution in [0.1, 0.15) is 49.8 Å². The molecular weight excluding hydrogens is 352 g/mol. The quantitative estimate of drug-likeness (QED) is 0.683. The number of carbonyl (C=O) groups excluding carboxylic acids is 1. The summed E-state index contributed by atoms with van der Waals surface area (Å²) in [5, 5.41) is 0. The Kier molecular flexibility index (Phi) is 6.10. The fourth-order valence-electron chi connectivity index (χ4n) is 4.13. The molecule has 0 N–H and O–H groups in total. The van der Waals surface area contributed by atoms with Crippen LogP contribution in [0.5, 0.6) is 11.5 Å². The van der Waals surface area contributed by atoms with E-state index in [2.05, 4.69) is 4.98 Å². The third-order valence-electron chi connectivity index (χ3n) is 5.77. The standard InChI is InChI=1S/C23H28N2O3/c26-23(11-9-18-5-1-2-6-18)25(14-12-20-7-3-4-13-24-20)16-19-8-10-21-22(15-19)28-17-27-21/h3-4,7-8,10,13,15,18H,1-2,5-6,9,11-12,14,16-17H2. The molecule has 0 atom stereocenters. The van der Waals surface area contributed by atoms with Gasteiger partial charge in [-0.25, -0.2) is 0 Å². The number of aromatic nitrogens is 1. The number of hydrogen-bond acceptors (Lipinski definition) is 4. The predicted octanol–water partition coefficient (Wildman–Crippen LogP) is 4.35. The van der Waals surface area contributed by atoms with Crippen molar-refractivity contribution in [3.8, 4) is 11.5 Å². The summed E-state index contributed by atoms with van der Waals surface area (Å²) in [6.45, 7) is 1.53. The third kappa shape index (κ3) is 4.83. The van der Waals surface area contributed by atoms with Crippen molar-refractivity contribution in [1.82, 2.24) is 9.88 Å². The van der Waals surface area contributed by atoms with Gasteiger partial charge in [-0.05, 0) is 42.2 Å². The molecule has 2 aliphatic rings. The minimum atomic E-state index is 0.237. The summed E-state index contributed by atoms with van der Waals surface area (Å²) in [5.41, 5.74) is 2.08. The van der Waals surface area contributed by atoms with Crippen molar-refractivity contribution < 1.29 is 14.3 Å². The number of pyridine rings is 1. The molecule has 1 aliphatic carbocycles. The molecule has 28 heavy (non-hydrogen) atoms. The van der Waals surface area contributed by atoms with Crippen molar-refractivity contribution in [2.24, 2.45) is 5.92 Å². The largest absolute Gasteiger partial charge is 0.454 e. The first-order valence-electron chi connectivity index (χ1n) is 10.3. The molecule has 0 spiro atoms. The number of fused-ring (bicyclic) bond motifs is 1. The highest BCUT2D eigenvalue weighted by Crippen LogP contribution is 2.33. The third-order valence-corrected chi connectivity index (χ3v) is 5.77. The SMILES string of the molecule is O=C(CCC1CCCC1)N(CCc1ccccn1)Cc1ccc2c(c1)OCO2. The Morgan fingerprint density at radius 3 is 2.79 bits per heavy atom. The van der Waals surface area contributed by atoms with Gasteiger partial charge in [-0.3, -0.25) is 9.78 Å². The van der Waals surface area contributed by atoms with Crippen LogP contribution in [0.2, 0.25) is 0 Å². The summed E-state index contributed by atoms with van der Waals surface area (Å²) in [5.74, 6) is 2.50. The maximum absolute atomic E-state index is 13.0. The molecule has 0 radical (unpaired) electrons. The molecule has 0 unspecified atom stereocenters. The first-order valence-corrected chi connectivity index (χ1v) is 10.3. The first-order chi connectivity index (χ1) is 13.8. The second-order valence-corrected chi connectivity index (χ2v) is 7.76. The highest BCUT2D eigenvalue weighted by Gasteiger charge is 2.20. The fraction of sp³-hybridized carbons (Fsp3) is 0.478. The van der Waals surface area contributed by atoms with E-state index in [4.69, 9.17) is 9.47 Å². The average Bonchev–Trinajstić information content (AvgIpc) is 3.41. The summed E-state index contributed by atoms with van der Waals surface area (Å²) in [6, 6.07) is 11.9. The lowest BCUT2D eigenvalue weighted by Crippen LogP contribution is -2.32. The molecule has 2 heterocycles. The maximum atomic E-state index is 13.0. The molecule has 1 aromatic heterocycles. The minimum Gasteiger partial charge on any atom is -0.454 e. The second kappa shape index (κ2) is 9.09. The number of rotatable bonds is 8. The zero-order valence-electron chi connectivity index (χ0n) is 16.3. The number of carbonyl (C=O) groups is 1. The van der Waals surface area contributed by atoms with Crippen molar-refractivity contribution in [2.45, 2.75) is 51.5 Å². The predicted molar refractivity (Wildman–Crippen MR) is 107 cm³/mol. The van der Waals surface area contributed by atoms with E-state index in [0.717, 1.165) is 41.5 Å². The molecule has 2 aromatic rings. The van der Waals surface area contributed by atoms with E-state index in [0.29, 0.717) is 19.5 Å². The van der Waals surface area contributed by atoms with E-state index in [-0.39, 0.29) is 12.7 Å². The van der Waals surface area contributed by atoms with Crippen LogP contribution < -0.4 is 9.47 Å². The molecule has 1 saturated carbocycles. The van der Waals surface area contributed by atoms with Gasteiger partial charge in [-0.1, -0.05) is 37.8 Å². The van der Waals surface area contributed by atoms with Gasteiger partial charge in [0.25, 0.3) is 0 Å². The number of ether oxygens (including phenoxy) is 2. The van der Waals surface area contributed by atoms with Crippen LogP contribution in [0, 0.1) is 5.92 Å². The van der Waals surface area contributed by atoms with Gasteiger partial charge in [-0.15, -0.1) is 0 Å². The van der Waals surface area contributed by atoms with Crippen LogP contribution >= 0.6 is 0 Å². The monoisotopic (exact) mass is 380 g/mol. The smallest absolute Gasteiger partial charge is 0.231 e. The molecule has 0 bridgehead atoms. The summed E-state index contributed by atoms with van der Waals surface area (Å²) < 4.78 is 10.9. The Balaban J connectivity index is 1.41. The van der Waals surface area contributed by atoms with Gasteiger partial charge in [0.1, 0.15) is 0 Å². The Morgan fingerprint density at radius 1 is 1.11 bits per heavy atom.